The van der Waals surface area contributed by atoms with Crippen LogP contribution in [0.1, 0.15) is 32.6 Å². The molecule has 2 N–H and O–H groups in total. The van der Waals surface area contributed by atoms with Gasteiger partial charge in [-0.25, -0.2) is 9.18 Å². The van der Waals surface area contributed by atoms with Crippen LogP contribution in [0.5, 0.6) is 0 Å². The molecule has 3 nitrogen and oxygen atoms in total. The quantitative estimate of drug-likeness (QED) is 0.852. The van der Waals surface area contributed by atoms with Gasteiger partial charge in [-0.2, -0.15) is 0 Å². The van der Waals surface area contributed by atoms with Gasteiger partial charge in [-0.3, -0.25) is 0 Å². The normalized spacial score (nSPS) is 28.4. The topological polar surface area (TPSA) is 41.1 Å². The molecule has 1 aromatic carbocycles. The van der Waals surface area contributed by atoms with Gasteiger partial charge in [0.2, 0.25) is 0 Å². The van der Waals surface area contributed by atoms with E-state index in [4.69, 9.17) is 11.6 Å². The molecule has 0 saturated heterocycles. The van der Waals surface area contributed by atoms with Crippen molar-refractivity contribution in [2.75, 3.05) is 5.32 Å². The second kappa shape index (κ2) is 5.84. The van der Waals surface area contributed by atoms with Crippen molar-refractivity contribution in [2.45, 2.75) is 38.6 Å². The monoisotopic (exact) mass is 310 g/mol. The lowest BCUT2D eigenvalue weighted by atomic mass is 9.84. The summed E-state index contributed by atoms with van der Waals surface area (Å²) in [7, 11) is 0. The van der Waals surface area contributed by atoms with E-state index in [1.807, 2.05) is 6.92 Å². The number of nitrogens with one attached hydrogen (secondary N) is 2. The summed E-state index contributed by atoms with van der Waals surface area (Å²) in [5.74, 6) is 1.63. The Kier molecular flexibility index (Phi) is 4.07. The number of carbonyl (C=O) groups is 1. The Labute approximate surface area is 129 Å². The predicted molar refractivity (Wildman–Crippen MR) is 82.0 cm³/mol. The summed E-state index contributed by atoms with van der Waals surface area (Å²) in [6, 6.07) is 3.98. The van der Waals surface area contributed by atoms with Gasteiger partial charge >= 0.3 is 6.03 Å². The first-order chi connectivity index (χ1) is 10.0. The summed E-state index contributed by atoms with van der Waals surface area (Å²) in [5.41, 5.74) is 0.150. The molecule has 114 valence electrons. The Hall–Kier alpha value is -1.29. The molecular weight excluding hydrogens is 291 g/mol. The maximum Gasteiger partial charge on any atom is 0.319 e. The van der Waals surface area contributed by atoms with Gasteiger partial charge in [0.1, 0.15) is 5.82 Å². The number of urea groups is 1. The molecule has 21 heavy (non-hydrogen) atoms. The number of carbonyl (C=O) groups excluding carboxylic acids is 1. The van der Waals surface area contributed by atoms with Crippen LogP contribution in [0.4, 0.5) is 14.9 Å². The highest BCUT2D eigenvalue weighted by Gasteiger charge is 2.42. The largest absolute Gasteiger partial charge is 0.335 e. The molecule has 0 aliphatic heterocycles. The molecule has 2 bridgehead atoms. The smallest absolute Gasteiger partial charge is 0.319 e. The van der Waals surface area contributed by atoms with Gasteiger partial charge in [0, 0.05) is 11.1 Å². The van der Waals surface area contributed by atoms with Crippen molar-refractivity contribution in [1.29, 1.82) is 0 Å². The van der Waals surface area contributed by atoms with E-state index in [0.29, 0.717) is 10.9 Å². The number of anilines is 1. The van der Waals surface area contributed by atoms with Crippen LogP contribution < -0.4 is 10.6 Å². The number of benzene rings is 1. The van der Waals surface area contributed by atoms with Crippen molar-refractivity contribution < 1.29 is 9.18 Å². The Bertz CT molecular complexity index is 551. The van der Waals surface area contributed by atoms with E-state index >= 15 is 0 Å². The molecule has 2 saturated carbocycles. The maximum atomic E-state index is 13.6. The van der Waals surface area contributed by atoms with Crippen molar-refractivity contribution in [1.82, 2.24) is 5.32 Å². The van der Waals surface area contributed by atoms with E-state index in [1.165, 1.54) is 37.8 Å². The summed E-state index contributed by atoms with van der Waals surface area (Å²) in [4.78, 5) is 12.0. The van der Waals surface area contributed by atoms with Crippen LogP contribution in [-0.2, 0) is 0 Å². The van der Waals surface area contributed by atoms with Crippen LogP contribution in [-0.4, -0.2) is 12.1 Å². The molecule has 4 unspecified atom stereocenters. The third-order valence-corrected chi connectivity index (χ3v) is 5.21. The molecule has 1 aromatic rings. The maximum absolute atomic E-state index is 13.6. The molecule has 0 radical (unpaired) electrons. The van der Waals surface area contributed by atoms with E-state index in [1.54, 1.807) is 6.07 Å². The number of rotatable bonds is 3. The van der Waals surface area contributed by atoms with E-state index in [2.05, 4.69) is 10.6 Å². The van der Waals surface area contributed by atoms with Crippen LogP contribution >= 0.6 is 11.6 Å². The van der Waals surface area contributed by atoms with Crippen molar-refractivity contribution in [3.05, 3.63) is 29.0 Å². The van der Waals surface area contributed by atoms with Crippen LogP contribution in [0.25, 0.3) is 0 Å². The van der Waals surface area contributed by atoms with Gasteiger partial charge in [0.05, 0.1) is 5.69 Å². The standard InChI is InChI=1S/C16H20ClFN2O/c1-9(13-7-10-2-3-11(13)6-10)19-16(21)20-15-5-4-12(17)8-14(15)18/h4-5,8-11,13H,2-3,6-7H2,1H3,(H2,19,20,21). The number of fused-ring (bicyclic) bond motifs is 2. The fourth-order valence-corrected chi connectivity index (χ4v) is 4.13. The highest BCUT2D eigenvalue weighted by molar-refractivity contribution is 6.30. The van der Waals surface area contributed by atoms with Gasteiger partial charge in [-0.15, -0.1) is 0 Å². The highest BCUT2D eigenvalue weighted by atomic mass is 35.5. The lowest BCUT2D eigenvalue weighted by molar-refractivity contribution is 0.230. The van der Waals surface area contributed by atoms with Crippen LogP contribution in [0.3, 0.4) is 0 Å². The van der Waals surface area contributed by atoms with Crippen LogP contribution in [0.15, 0.2) is 18.2 Å². The Morgan fingerprint density at radius 3 is 2.81 bits per heavy atom. The van der Waals surface area contributed by atoms with Crippen LogP contribution in [0, 0.1) is 23.6 Å². The molecule has 2 aliphatic carbocycles. The number of amides is 2. The number of hydrogen-bond donors (Lipinski definition) is 2. The van der Waals surface area contributed by atoms with E-state index in [0.717, 1.165) is 11.8 Å². The van der Waals surface area contributed by atoms with Crippen molar-refractivity contribution in [3.63, 3.8) is 0 Å². The van der Waals surface area contributed by atoms with Crippen LogP contribution in [0.2, 0.25) is 5.02 Å². The summed E-state index contributed by atoms with van der Waals surface area (Å²) in [6.45, 7) is 2.04. The minimum absolute atomic E-state index is 0.121. The third-order valence-electron chi connectivity index (χ3n) is 4.97. The molecular formula is C16H20ClFN2O. The zero-order valence-corrected chi connectivity index (χ0v) is 12.8. The second-order valence-corrected chi connectivity index (χ2v) is 6.79. The van der Waals surface area contributed by atoms with Crippen molar-refractivity contribution >= 4 is 23.3 Å². The molecule has 0 aromatic heterocycles. The SMILES string of the molecule is CC(NC(=O)Nc1ccc(Cl)cc1F)C1CC2CCC1C2. The zero-order valence-electron chi connectivity index (χ0n) is 12.0. The Morgan fingerprint density at radius 1 is 1.38 bits per heavy atom. The molecule has 2 aliphatic rings. The third kappa shape index (κ3) is 3.15. The average Bonchev–Trinajstić information content (AvgIpc) is 3.04. The number of halogens is 2. The highest BCUT2D eigenvalue weighted by Crippen LogP contribution is 2.49. The summed E-state index contributed by atoms with van der Waals surface area (Å²) >= 11 is 5.69. The minimum atomic E-state index is -0.523. The van der Waals surface area contributed by atoms with Gasteiger partial charge in [-0.05, 0) is 62.1 Å². The van der Waals surface area contributed by atoms with E-state index < -0.39 is 5.82 Å². The Balaban J connectivity index is 1.56. The molecule has 2 amide bonds. The summed E-state index contributed by atoms with van der Waals surface area (Å²) in [6.07, 6.45) is 5.15. The first-order valence-electron chi connectivity index (χ1n) is 7.55. The first kappa shape index (κ1) is 14.6. The van der Waals surface area contributed by atoms with Gasteiger partial charge in [0.25, 0.3) is 0 Å². The molecule has 4 atom stereocenters. The molecule has 2 fully saturated rings. The van der Waals surface area contributed by atoms with Crippen molar-refractivity contribution in [3.8, 4) is 0 Å². The molecule has 5 heteroatoms. The summed E-state index contributed by atoms with van der Waals surface area (Å²) < 4.78 is 13.6. The lowest BCUT2D eigenvalue weighted by Crippen LogP contribution is -2.42. The molecule has 0 heterocycles. The molecule has 3 rings (SSSR count). The fraction of sp³-hybridized carbons (Fsp3) is 0.562. The zero-order chi connectivity index (χ0) is 15.0. The Morgan fingerprint density at radius 2 is 2.19 bits per heavy atom. The minimum Gasteiger partial charge on any atom is -0.335 e. The van der Waals surface area contributed by atoms with E-state index in [-0.39, 0.29) is 17.8 Å². The predicted octanol–water partition coefficient (Wildman–Crippen LogP) is 4.43. The second-order valence-electron chi connectivity index (χ2n) is 6.35. The lowest BCUT2D eigenvalue weighted by Gasteiger charge is -2.28. The first-order valence-corrected chi connectivity index (χ1v) is 7.93. The van der Waals surface area contributed by atoms with E-state index in [9.17, 15) is 9.18 Å². The van der Waals surface area contributed by atoms with Crippen molar-refractivity contribution in [2.24, 2.45) is 17.8 Å². The van der Waals surface area contributed by atoms with Gasteiger partial charge < -0.3 is 10.6 Å². The summed E-state index contributed by atoms with van der Waals surface area (Å²) in [5, 5.41) is 5.81. The fourth-order valence-electron chi connectivity index (χ4n) is 3.97. The molecule has 0 spiro atoms. The average molecular weight is 311 g/mol. The number of hydrogen-bond acceptors (Lipinski definition) is 1. The van der Waals surface area contributed by atoms with Gasteiger partial charge in [0.15, 0.2) is 0 Å². The van der Waals surface area contributed by atoms with Gasteiger partial charge in [-0.1, -0.05) is 18.0 Å².